The smallest absolute Gasteiger partial charge is 0.459 e. The average Bonchev–Trinajstić information content (AvgIpc) is 3.06. The summed E-state index contributed by atoms with van der Waals surface area (Å²) >= 11 is 0. The van der Waals surface area contributed by atoms with Gasteiger partial charge in [-0.15, -0.1) is 0 Å². The van der Waals surface area contributed by atoms with E-state index < -0.39 is 49.0 Å². The third-order valence-corrected chi connectivity index (χ3v) is 6.67. The predicted octanol–water partition coefficient (Wildman–Crippen LogP) is 2.69. The molecule has 35 heavy (non-hydrogen) atoms. The zero-order chi connectivity index (χ0) is 25.8. The molecule has 11 nitrogen and oxygen atoms in total. The molecule has 1 aliphatic rings. The highest BCUT2D eigenvalue weighted by Gasteiger charge is 2.48. The lowest BCUT2D eigenvalue weighted by molar-refractivity contribution is -0.149. The molecule has 1 fully saturated rings. The molecule has 3 rings (SSSR count). The molecule has 1 aromatic heterocycles. The van der Waals surface area contributed by atoms with E-state index in [1.807, 2.05) is 0 Å². The molecule has 192 valence electrons. The monoisotopic (exact) mass is 513 g/mol. The minimum absolute atomic E-state index is 0.195. The molecule has 5 atom stereocenters. The van der Waals surface area contributed by atoms with E-state index in [1.54, 1.807) is 44.2 Å². The normalized spacial score (nSPS) is 24.6. The van der Waals surface area contributed by atoms with Gasteiger partial charge in [0.15, 0.2) is 11.9 Å². The van der Waals surface area contributed by atoms with E-state index >= 15 is 4.39 Å². The Labute approximate surface area is 201 Å². The fraction of sp³-hybridized carbons (Fsp3) is 0.500. The van der Waals surface area contributed by atoms with E-state index in [2.05, 4.69) is 10.1 Å². The van der Waals surface area contributed by atoms with Crippen LogP contribution < -0.4 is 20.9 Å². The molecule has 1 aliphatic heterocycles. The maximum Gasteiger partial charge on any atom is 0.459 e. The van der Waals surface area contributed by atoms with E-state index in [0.29, 0.717) is 0 Å². The Hall–Kier alpha value is -2.79. The van der Waals surface area contributed by atoms with Crippen LogP contribution >= 0.6 is 7.75 Å². The molecule has 1 saturated heterocycles. The Morgan fingerprint density at radius 1 is 1.29 bits per heavy atom. The average molecular weight is 513 g/mol. The first-order valence-electron chi connectivity index (χ1n) is 11.0. The van der Waals surface area contributed by atoms with Gasteiger partial charge in [0, 0.05) is 18.7 Å². The van der Waals surface area contributed by atoms with Gasteiger partial charge in [0.2, 0.25) is 0 Å². The maximum absolute atomic E-state index is 15.3. The summed E-state index contributed by atoms with van der Waals surface area (Å²) in [7, 11) is -4.17. The van der Waals surface area contributed by atoms with Crippen LogP contribution in [0, 0.1) is 0 Å². The van der Waals surface area contributed by atoms with Crippen molar-refractivity contribution in [3.05, 3.63) is 63.4 Å². The minimum Gasteiger partial charge on any atom is -0.462 e. The Bertz CT molecular complexity index is 1180. The molecular formula is C22H29FN3O8P. The number of aromatic nitrogens is 2. The molecular weight excluding hydrogens is 484 g/mol. The fourth-order valence-corrected chi connectivity index (χ4v) is 5.02. The second kappa shape index (κ2) is 10.9. The number of ether oxygens (including phenoxy) is 2. The van der Waals surface area contributed by atoms with Crippen LogP contribution in [0.2, 0.25) is 0 Å². The second-order valence-electron chi connectivity index (χ2n) is 8.64. The quantitative estimate of drug-likeness (QED) is 0.363. The Kier molecular flexibility index (Phi) is 8.32. The van der Waals surface area contributed by atoms with Crippen LogP contribution in [0.5, 0.6) is 5.75 Å². The summed E-state index contributed by atoms with van der Waals surface area (Å²) in [5.74, 6) is -0.445. The number of nitrogens with zero attached hydrogens (tertiary/aromatic N) is 1. The Morgan fingerprint density at radius 3 is 2.60 bits per heavy atom. The third-order valence-electron chi connectivity index (χ3n) is 5.02. The van der Waals surface area contributed by atoms with Crippen molar-refractivity contribution in [1.82, 2.24) is 14.6 Å². The topological polar surface area (TPSA) is 138 Å². The van der Waals surface area contributed by atoms with E-state index in [1.165, 1.54) is 13.8 Å². The molecule has 0 aliphatic carbocycles. The summed E-state index contributed by atoms with van der Waals surface area (Å²) < 4.78 is 51.7. The summed E-state index contributed by atoms with van der Waals surface area (Å²) in [6, 6.07) is 8.20. The first-order valence-corrected chi connectivity index (χ1v) is 12.6. The van der Waals surface area contributed by atoms with Crippen molar-refractivity contribution < 1.29 is 32.3 Å². The number of halogens is 1. The van der Waals surface area contributed by atoms with Crippen molar-refractivity contribution in [1.29, 1.82) is 0 Å². The number of para-hydroxylation sites is 1. The van der Waals surface area contributed by atoms with Crippen LogP contribution in [0.4, 0.5) is 4.39 Å². The summed E-state index contributed by atoms with van der Waals surface area (Å²) in [6.07, 6.45) is -1.70. The first-order chi connectivity index (χ1) is 16.4. The van der Waals surface area contributed by atoms with Crippen LogP contribution in [0.3, 0.4) is 0 Å². The van der Waals surface area contributed by atoms with Gasteiger partial charge in [0.25, 0.3) is 5.56 Å². The van der Waals surface area contributed by atoms with Gasteiger partial charge in [-0.2, -0.15) is 5.09 Å². The standard InChI is InChI=1S/C22H29FN3O8P/c1-14(2)32-19(28)15(3)25-35(30,34-16-8-6-5-7-9-16)31-13-17-12-22(4,23)20(33-17)26-11-10-18(27)24-21(26)29/h5-11,14-15,17,20H,12-13H2,1-4H3,(H,25,30)(H,24,27,29)/t15-,17+,20+,22+,35+/m0/s1. The Balaban J connectivity index is 1.75. The molecule has 1 aromatic carbocycles. The van der Waals surface area contributed by atoms with Gasteiger partial charge in [-0.25, -0.2) is 13.8 Å². The van der Waals surface area contributed by atoms with Crippen molar-refractivity contribution in [3.8, 4) is 5.75 Å². The first kappa shape index (κ1) is 26.8. The van der Waals surface area contributed by atoms with Crippen molar-refractivity contribution in [2.45, 2.75) is 64.3 Å². The number of carbonyl (C=O) groups excluding carboxylic acids is 1. The van der Waals surface area contributed by atoms with Crippen LogP contribution in [0.25, 0.3) is 0 Å². The van der Waals surface area contributed by atoms with Gasteiger partial charge in [0.1, 0.15) is 11.8 Å². The number of hydrogen-bond donors (Lipinski definition) is 2. The van der Waals surface area contributed by atoms with E-state index in [-0.39, 0.29) is 24.9 Å². The number of H-pyrrole nitrogens is 1. The number of aromatic amines is 1. The van der Waals surface area contributed by atoms with E-state index in [9.17, 15) is 18.9 Å². The third kappa shape index (κ3) is 7.11. The Morgan fingerprint density at radius 2 is 1.97 bits per heavy atom. The van der Waals surface area contributed by atoms with Gasteiger partial charge >= 0.3 is 19.4 Å². The lowest BCUT2D eigenvalue weighted by Gasteiger charge is -2.24. The second-order valence-corrected chi connectivity index (χ2v) is 10.3. The van der Waals surface area contributed by atoms with Gasteiger partial charge in [-0.1, -0.05) is 18.2 Å². The molecule has 2 N–H and O–H groups in total. The van der Waals surface area contributed by atoms with Gasteiger partial charge in [0.05, 0.1) is 18.8 Å². The molecule has 0 amide bonds. The lowest BCUT2D eigenvalue weighted by Crippen LogP contribution is -2.38. The molecule has 2 aromatic rings. The van der Waals surface area contributed by atoms with Crippen LogP contribution in [-0.4, -0.2) is 46.0 Å². The SMILES string of the molecule is CC(C)OC(=O)[C@H](C)N[P@@](=O)(OC[C@H]1C[C@@](C)(F)[C@H](n2ccc(=O)[nH]c2=O)O1)Oc1ccccc1. The zero-order valence-corrected chi connectivity index (χ0v) is 20.7. The fourth-order valence-electron chi connectivity index (χ4n) is 3.50. The van der Waals surface area contributed by atoms with Crippen molar-refractivity contribution >= 4 is 13.7 Å². The number of alkyl halides is 1. The molecule has 0 bridgehead atoms. The lowest BCUT2D eigenvalue weighted by atomic mass is 10.0. The number of nitrogens with one attached hydrogen (secondary N) is 2. The van der Waals surface area contributed by atoms with Crippen LogP contribution in [-0.2, 0) is 23.4 Å². The summed E-state index contributed by atoms with van der Waals surface area (Å²) in [6.45, 7) is 5.67. The van der Waals surface area contributed by atoms with E-state index in [0.717, 1.165) is 16.8 Å². The van der Waals surface area contributed by atoms with Gasteiger partial charge < -0.3 is 14.0 Å². The highest BCUT2D eigenvalue weighted by molar-refractivity contribution is 7.52. The molecule has 0 radical (unpaired) electrons. The maximum atomic E-state index is 15.3. The van der Waals surface area contributed by atoms with Gasteiger partial charge in [-0.3, -0.25) is 23.7 Å². The highest BCUT2D eigenvalue weighted by atomic mass is 31.2. The molecule has 2 heterocycles. The van der Waals surface area contributed by atoms with Crippen LogP contribution in [0.15, 0.2) is 52.2 Å². The largest absolute Gasteiger partial charge is 0.462 e. The molecule has 13 heteroatoms. The summed E-state index contributed by atoms with van der Waals surface area (Å²) in [4.78, 5) is 37.7. The van der Waals surface area contributed by atoms with E-state index in [4.69, 9.17) is 18.5 Å². The number of benzene rings is 1. The number of carbonyl (C=O) groups is 1. The summed E-state index contributed by atoms with van der Waals surface area (Å²) in [5.41, 5.74) is -3.45. The number of esters is 1. The molecule has 0 unspecified atom stereocenters. The number of rotatable bonds is 10. The molecule has 0 saturated carbocycles. The summed E-state index contributed by atoms with van der Waals surface area (Å²) in [5, 5.41) is 2.54. The van der Waals surface area contributed by atoms with Crippen molar-refractivity contribution in [3.63, 3.8) is 0 Å². The number of hydrogen-bond acceptors (Lipinski definition) is 8. The zero-order valence-electron chi connectivity index (χ0n) is 19.8. The predicted molar refractivity (Wildman–Crippen MR) is 124 cm³/mol. The minimum atomic E-state index is -4.17. The van der Waals surface area contributed by atoms with Gasteiger partial charge in [-0.05, 0) is 39.8 Å². The van der Waals surface area contributed by atoms with Crippen LogP contribution in [0.1, 0.15) is 40.3 Å². The highest BCUT2D eigenvalue weighted by Crippen LogP contribution is 2.47. The molecule has 0 spiro atoms. The van der Waals surface area contributed by atoms with Crippen molar-refractivity contribution in [2.24, 2.45) is 0 Å². The van der Waals surface area contributed by atoms with Crippen molar-refractivity contribution in [2.75, 3.05) is 6.61 Å².